The standard InChI is InChI=1S/C15H13BrN2O2S/c16-10-3-6-13(14(19)8-10)15(20)18-9-12-5-4-11(21-12)2-1-7-17/h3-6,8,19H,7,9,17H2,(H,18,20). The molecule has 0 radical (unpaired) electrons. The molecule has 0 saturated heterocycles. The van der Waals surface area contributed by atoms with E-state index < -0.39 is 0 Å². The highest BCUT2D eigenvalue weighted by atomic mass is 79.9. The number of hydrogen-bond acceptors (Lipinski definition) is 4. The van der Waals surface area contributed by atoms with Gasteiger partial charge in [0, 0.05) is 9.35 Å². The lowest BCUT2D eigenvalue weighted by atomic mass is 10.2. The summed E-state index contributed by atoms with van der Waals surface area (Å²) in [5.74, 6) is 5.36. The van der Waals surface area contributed by atoms with E-state index in [0.717, 1.165) is 14.2 Å². The second-order valence-electron chi connectivity index (χ2n) is 4.12. The lowest BCUT2D eigenvalue weighted by Crippen LogP contribution is -2.22. The van der Waals surface area contributed by atoms with E-state index in [0.29, 0.717) is 13.1 Å². The van der Waals surface area contributed by atoms with Gasteiger partial charge in [-0.2, -0.15) is 0 Å². The van der Waals surface area contributed by atoms with E-state index in [9.17, 15) is 9.90 Å². The van der Waals surface area contributed by atoms with Crippen LogP contribution in [-0.2, 0) is 6.54 Å². The maximum absolute atomic E-state index is 12.0. The minimum atomic E-state index is -0.317. The van der Waals surface area contributed by atoms with E-state index in [-0.39, 0.29) is 17.2 Å². The summed E-state index contributed by atoms with van der Waals surface area (Å²) in [5.41, 5.74) is 5.57. The third-order valence-electron chi connectivity index (χ3n) is 2.60. The monoisotopic (exact) mass is 364 g/mol. The first-order chi connectivity index (χ1) is 10.1. The predicted octanol–water partition coefficient (Wildman–Crippen LogP) is 2.46. The van der Waals surface area contributed by atoms with E-state index in [1.54, 1.807) is 12.1 Å². The summed E-state index contributed by atoms with van der Waals surface area (Å²) in [6.07, 6.45) is 0. The Morgan fingerprint density at radius 3 is 2.90 bits per heavy atom. The number of nitrogens with one attached hydrogen (secondary N) is 1. The van der Waals surface area contributed by atoms with Crippen molar-refractivity contribution in [3.05, 3.63) is 50.1 Å². The molecule has 1 heterocycles. The van der Waals surface area contributed by atoms with Gasteiger partial charge < -0.3 is 16.2 Å². The number of nitrogens with two attached hydrogens (primary N) is 1. The first kappa shape index (κ1) is 15.6. The van der Waals surface area contributed by atoms with Gasteiger partial charge in [0.25, 0.3) is 5.91 Å². The van der Waals surface area contributed by atoms with Crippen LogP contribution < -0.4 is 11.1 Å². The van der Waals surface area contributed by atoms with Crippen molar-refractivity contribution in [1.82, 2.24) is 5.32 Å². The molecule has 4 nitrogen and oxygen atoms in total. The Morgan fingerprint density at radius 1 is 1.38 bits per heavy atom. The number of halogens is 1. The van der Waals surface area contributed by atoms with Crippen molar-refractivity contribution in [2.24, 2.45) is 5.73 Å². The summed E-state index contributed by atoms with van der Waals surface area (Å²) in [6, 6.07) is 8.57. The molecule has 0 aliphatic heterocycles. The number of phenolic OH excluding ortho intramolecular Hbond substituents is 1. The fourth-order valence-corrected chi connectivity index (χ4v) is 2.81. The molecule has 21 heavy (non-hydrogen) atoms. The molecule has 0 saturated carbocycles. The van der Waals surface area contributed by atoms with Gasteiger partial charge in [-0.15, -0.1) is 11.3 Å². The van der Waals surface area contributed by atoms with E-state index in [1.807, 2.05) is 12.1 Å². The molecule has 0 unspecified atom stereocenters. The van der Waals surface area contributed by atoms with Crippen LogP contribution in [0, 0.1) is 11.8 Å². The van der Waals surface area contributed by atoms with Gasteiger partial charge in [0.05, 0.1) is 23.5 Å². The number of carbonyl (C=O) groups excluding carboxylic acids is 1. The van der Waals surface area contributed by atoms with Crippen LogP contribution in [0.25, 0.3) is 0 Å². The Bertz CT molecular complexity index is 716. The summed E-state index contributed by atoms with van der Waals surface area (Å²) < 4.78 is 0.720. The molecule has 0 aliphatic rings. The molecular formula is C15H13BrN2O2S. The molecule has 1 amide bonds. The first-order valence-corrected chi connectivity index (χ1v) is 7.75. The molecule has 0 fully saturated rings. The summed E-state index contributed by atoms with van der Waals surface area (Å²) >= 11 is 4.74. The van der Waals surface area contributed by atoms with Crippen molar-refractivity contribution in [3.63, 3.8) is 0 Å². The molecule has 1 aromatic heterocycles. The summed E-state index contributed by atoms with van der Waals surface area (Å²) in [6.45, 7) is 0.718. The highest BCUT2D eigenvalue weighted by Crippen LogP contribution is 2.22. The molecule has 1 aromatic carbocycles. The van der Waals surface area contributed by atoms with Gasteiger partial charge in [-0.25, -0.2) is 0 Å². The fourth-order valence-electron chi connectivity index (χ4n) is 1.64. The average molecular weight is 365 g/mol. The quantitative estimate of drug-likeness (QED) is 0.732. The SMILES string of the molecule is NCC#Cc1ccc(CNC(=O)c2ccc(Br)cc2O)s1. The van der Waals surface area contributed by atoms with Gasteiger partial charge in [0.2, 0.25) is 0 Å². The smallest absolute Gasteiger partial charge is 0.255 e. The van der Waals surface area contributed by atoms with Crippen LogP contribution >= 0.6 is 27.3 Å². The van der Waals surface area contributed by atoms with Gasteiger partial charge in [-0.3, -0.25) is 4.79 Å². The third kappa shape index (κ3) is 4.33. The Morgan fingerprint density at radius 2 is 2.19 bits per heavy atom. The maximum Gasteiger partial charge on any atom is 0.255 e. The Kier molecular flexibility index (Phi) is 5.39. The minimum absolute atomic E-state index is 0.0532. The molecule has 6 heteroatoms. The normalized spacial score (nSPS) is 9.81. The van der Waals surface area contributed by atoms with Gasteiger partial charge in [-0.1, -0.05) is 27.8 Å². The van der Waals surface area contributed by atoms with Crippen LogP contribution in [-0.4, -0.2) is 17.6 Å². The van der Waals surface area contributed by atoms with Crippen LogP contribution in [0.3, 0.4) is 0 Å². The molecule has 2 rings (SSSR count). The molecule has 0 bridgehead atoms. The zero-order valence-corrected chi connectivity index (χ0v) is 13.4. The van der Waals surface area contributed by atoms with Crippen molar-refractivity contribution in [3.8, 4) is 17.6 Å². The minimum Gasteiger partial charge on any atom is -0.507 e. The van der Waals surface area contributed by atoms with E-state index in [1.165, 1.54) is 17.4 Å². The largest absolute Gasteiger partial charge is 0.507 e. The van der Waals surface area contributed by atoms with Crippen LogP contribution in [0.2, 0.25) is 0 Å². The number of aromatic hydroxyl groups is 1. The highest BCUT2D eigenvalue weighted by Gasteiger charge is 2.11. The van der Waals surface area contributed by atoms with Crippen LogP contribution in [0.1, 0.15) is 20.1 Å². The van der Waals surface area contributed by atoms with Crippen molar-refractivity contribution >= 4 is 33.2 Å². The summed E-state index contributed by atoms with van der Waals surface area (Å²) in [7, 11) is 0. The molecular weight excluding hydrogens is 352 g/mol. The van der Waals surface area contributed by atoms with E-state index in [4.69, 9.17) is 5.73 Å². The van der Waals surface area contributed by atoms with Crippen molar-refractivity contribution in [1.29, 1.82) is 0 Å². The summed E-state index contributed by atoms with van der Waals surface area (Å²) in [4.78, 5) is 13.9. The second kappa shape index (κ2) is 7.27. The topological polar surface area (TPSA) is 75.3 Å². The highest BCUT2D eigenvalue weighted by molar-refractivity contribution is 9.10. The van der Waals surface area contributed by atoms with Crippen molar-refractivity contribution in [2.45, 2.75) is 6.54 Å². The predicted molar refractivity (Wildman–Crippen MR) is 87.2 cm³/mol. The van der Waals surface area contributed by atoms with Gasteiger partial charge in [-0.05, 0) is 30.3 Å². The number of thiophene rings is 1. The molecule has 0 atom stereocenters. The first-order valence-electron chi connectivity index (χ1n) is 6.14. The Labute approximate surface area is 135 Å². The lowest BCUT2D eigenvalue weighted by molar-refractivity contribution is 0.0948. The van der Waals surface area contributed by atoms with Crippen LogP contribution in [0.15, 0.2) is 34.8 Å². The summed E-state index contributed by atoms with van der Waals surface area (Å²) in [5, 5.41) is 12.5. The Hall–Kier alpha value is -1.81. The molecule has 2 aromatic rings. The number of amides is 1. The average Bonchev–Trinajstić information content (AvgIpc) is 2.90. The fraction of sp³-hybridized carbons (Fsp3) is 0.133. The van der Waals surface area contributed by atoms with Gasteiger partial charge in [0.15, 0.2) is 0 Å². The number of benzene rings is 1. The molecule has 4 N–H and O–H groups in total. The number of rotatable bonds is 3. The third-order valence-corrected chi connectivity index (χ3v) is 4.10. The molecule has 108 valence electrons. The van der Waals surface area contributed by atoms with E-state index in [2.05, 4.69) is 33.1 Å². The molecule has 0 aliphatic carbocycles. The maximum atomic E-state index is 12.0. The lowest BCUT2D eigenvalue weighted by Gasteiger charge is -2.06. The van der Waals surface area contributed by atoms with Crippen LogP contribution in [0.4, 0.5) is 0 Å². The number of hydrogen-bond donors (Lipinski definition) is 3. The zero-order chi connectivity index (χ0) is 15.2. The van der Waals surface area contributed by atoms with Crippen molar-refractivity contribution in [2.75, 3.05) is 6.54 Å². The zero-order valence-electron chi connectivity index (χ0n) is 11.0. The van der Waals surface area contributed by atoms with Crippen molar-refractivity contribution < 1.29 is 9.90 Å². The number of phenols is 1. The Balaban J connectivity index is 1.99. The molecule has 0 spiro atoms. The number of carbonyl (C=O) groups is 1. The van der Waals surface area contributed by atoms with Crippen LogP contribution in [0.5, 0.6) is 5.75 Å². The van der Waals surface area contributed by atoms with E-state index >= 15 is 0 Å². The second-order valence-corrected chi connectivity index (χ2v) is 6.20. The van der Waals surface area contributed by atoms with Gasteiger partial charge in [0.1, 0.15) is 5.75 Å². The van der Waals surface area contributed by atoms with Gasteiger partial charge >= 0.3 is 0 Å².